The standard InChI is InChI=1S/C27H32ClN3O6/c1-16(32)29-14-18-7-6-8-19(11-18)25-21-12-20(28)9-10-22(21)31(15-27(3,4)5)26(35)23(36-25)13-24(34)30-37-17(2)33/h6-12,23,25H,13-15H2,1-5H3,(H,29,32)(H,30,34). The molecule has 0 aliphatic carbocycles. The number of nitrogens with one attached hydrogen (secondary N) is 2. The van der Waals surface area contributed by atoms with Gasteiger partial charge in [0.15, 0.2) is 0 Å². The van der Waals surface area contributed by atoms with Gasteiger partial charge in [-0.2, -0.15) is 5.48 Å². The normalized spacial score (nSPS) is 17.5. The van der Waals surface area contributed by atoms with Crippen LogP contribution in [0.1, 0.15) is 63.8 Å². The molecular formula is C27H32ClN3O6. The molecule has 2 aromatic rings. The van der Waals surface area contributed by atoms with Crippen LogP contribution >= 0.6 is 11.6 Å². The zero-order valence-electron chi connectivity index (χ0n) is 21.6. The maximum atomic E-state index is 13.8. The first-order valence-electron chi connectivity index (χ1n) is 11.9. The van der Waals surface area contributed by atoms with E-state index in [-0.39, 0.29) is 17.7 Å². The van der Waals surface area contributed by atoms with Crippen LogP contribution in [0.5, 0.6) is 0 Å². The van der Waals surface area contributed by atoms with Gasteiger partial charge < -0.3 is 19.8 Å². The van der Waals surface area contributed by atoms with E-state index in [1.807, 2.05) is 45.0 Å². The smallest absolute Gasteiger partial charge is 0.329 e. The molecule has 0 fully saturated rings. The maximum absolute atomic E-state index is 13.8. The van der Waals surface area contributed by atoms with Crippen molar-refractivity contribution >= 4 is 41.0 Å². The Balaban J connectivity index is 2.09. The van der Waals surface area contributed by atoms with Crippen molar-refractivity contribution in [2.45, 2.75) is 59.8 Å². The minimum Gasteiger partial charge on any atom is -0.355 e. The van der Waals surface area contributed by atoms with Gasteiger partial charge in [-0.1, -0.05) is 56.6 Å². The molecule has 2 atom stereocenters. The first-order valence-corrected chi connectivity index (χ1v) is 12.3. The van der Waals surface area contributed by atoms with Gasteiger partial charge in [-0.3, -0.25) is 19.2 Å². The third kappa shape index (κ3) is 7.77. The number of halogens is 1. The molecule has 37 heavy (non-hydrogen) atoms. The van der Waals surface area contributed by atoms with Gasteiger partial charge in [-0.25, -0.2) is 0 Å². The van der Waals surface area contributed by atoms with Crippen LogP contribution in [0.4, 0.5) is 5.69 Å². The fourth-order valence-electron chi connectivity index (χ4n) is 4.03. The molecule has 9 nitrogen and oxygen atoms in total. The van der Waals surface area contributed by atoms with Gasteiger partial charge in [0, 0.05) is 43.2 Å². The summed E-state index contributed by atoms with van der Waals surface area (Å²) in [6.07, 6.45) is -2.28. The molecule has 2 aromatic carbocycles. The molecule has 0 aromatic heterocycles. The first-order chi connectivity index (χ1) is 17.3. The van der Waals surface area contributed by atoms with Crippen molar-refractivity contribution in [2.75, 3.05) is 11.4 Å². The number of anilines is 1. The highest BCUT2D eigenvalue weighted by molar-refractivity contribution is 6.30. The summed E-state index contributed by atoms with van der Waals surface area (Å²) in [6.45, 7) is 9.30. The van der Waals surface area contributed by atoms with Crippen molar-refractivity contribution < 1.29 is 28.8 Å². The SMILES string of the molecule is CC(=O)NCc1cccc(C2OC(CC(=O)NOC(C)=O)C(=O)N(CC(C)(C)C)c3ccc(Cl)cc32)c1. The molecule has 1 heterocycles. The molecule has 0 radical (unpaired) electrons. The molecule has 3 rings (SSSR count). The van der Waals surface area contributed by atoms with Gasteiger partial charge >= 0.3 is 5.97 Å². The van der Waals surface area contributed by atoms with Crippen LogP contribution in [-0.4, -0.2) is 36.3 Å². The minimum absolute atomic E-state index is 0.157. The lowest BCUT2D eigenvalue weighted by molar-refractivity contribution is -0.158. The van der Waals surface area contributed by atoms with E-state index in [9.17, 15) is 19.2 Å². The van der Waals surface area contributed by atoms with Crippen LogP contribution < -0.4 is 15.7 Å². The predicted octanol–water partition coefficient (Wildman–Crippen LogP) is 3.83. The Kier molecular flexibility index (Phi) is 8.94. The quantitative estimate of drug-likeness (QED) is 0.550. The number of carbonyl (C=O) groups is 4. The predicted molar refractivity (Wildman–Crippen MR) is 138 cm³/mol. The molecule has 1 aliphatic heterocycles. The van der Waals surface area contributed by atoms with Gasteiger partial charge in [0.05, 0.1) is 6.42 Å². The number of ether oxygens (including phenoxy) is 1. The fourth-order valence-corrected chi connectivity index (χ4v) is 4.21. The zero-order chi connectivity index (χ0) is 27.3. The van der Waals surface area contributed by atoms with Crippen LogP contribution in [-0.2, 0) is 35.3 Å². The average molecular weight is 530 g/mol. The summed E-state index contributed by atoms with van der Waals surface area (Å²) in [6, 6.07) is 12.7. The zero-order valence-corrected chi connectivity index (χ0v) is 22.3. The van der Waals surface area contributed by atoms with E-state index in [4.69, 9.17) is 16.3 Å². The first kappa shape index (κ1) is 28.1. The molecule has 10 heteroatoms. The lowest BCUT2D eigenvalue weighted by atomic mass is 9.94. The summed E-state index contributed by atoms with van der Waals surface area (Å²) in [5, 5.41) is 3.24. The number of benzene rings is 2. The molecule has 3 amide bonds. The van der Waals surface area contributed by atoms with E-state index in [0.717, 1.165) is 18.1 Å². The third-order valence-corrected chi connectivity index (χ3v) is 5.75. The van der Waals surface area contributed by atoms with E-state index < -0.39 is 30.0 Å². The maximum Gasteiger partial charge on any atom is 0.329 e. The van der Waals surface area contributed by atoms with E-state index in [2.05, 4.69) is 15.6 Å². The Bertz CT molecular complexity index is 1190. The van der Waals surface area contributed by atoms with Crippen molar-refractivity contribution in [1.29, 1.82) is 0 Å². The summed E-state index contributed by atoms with van der Waals surface area (Å²) in [7, 11) is 0. The van der Waals surface area contributed by atoms with Crippen molar-refractivity contribution in [3.8, 4) is 0 Å². The molecule has 1 aliphatic rings. The largest absolute Gasteiger partial charge is 0.355 e. The molecule has 0 saturated carbocycles. The molecule has 2 unspecified atom stereocenters. The summed E-state index contributed by atoms with van der Waals surface area (Å²) < 4.78 is 6.36. The Morgan fingerprint density at radius 2 is 1.84 bits per heavy atom. The van der Waals surface area contributed by atoms with Crippen molar-refractivity contribution in [3.05, 3.63) is 64.2 Å². The number of rotatable bonds is 6. The van der Waals surface area contributed by atoms with E-state index >= 15 is 0 Å². The third-order valence-electron chi connectivity index (χ3n) is 5.51. The van der Waals surface area contributed by atoms with E-state index in [1.54, 1.807) is 23.1 Å². The lowest BCUT2D eigenvalue weighted by Gasteiger charge is -2.31. The molecule has 0 spiro atoms. The number of nitrogens with zero attached hydrogens (tertiary/aromatic N) is 1. The van der Waals surface area contributed by atoms with E-state index in [0.29, 0.717) is 29.4 Å². The minimum atomic E-state index is -1.17. The Morgan fingerprint density at radius 3 is 2.49 bits per heavy atom. The highest BCUT2D eigenvalue weighted by Crippen LogP contribution is 2.41. The molecular weight excluding hydrogens is 498 g/mol. The second-order valence-corrected chi connectivity index (χ2v) is 10.6. The second-order valence-electron chi connectivity index (χ2n) is 10.2. The summed E-state index contributed by atoms with van der Waals surface area (Å²) in [5.74, 6) is -1.91. The summed E-state index contributed by atoms with van der Waals surface area (Å²) >= 11 is 6.39. The highest BCUT2D eigenvalue weighted by atomic mass is 35.5. The van der Waals surface area contributed by atoms with Gasteiger partial charge in [0.1, 0.15) is 12.2 Å². The summed E-state index contributed by atoms with van der Waals surface area (Å²) in [4.78, 5) is 55.1. The number of fused-ring (bicyclic) bond motifs is 1. The molecule has 2 N–H and O–H groups in total. The Morgan fingerprint density at radius 1 is 1.11 bits per heavy atom. The fraction of sp³-hybridized carbons (Fsp3) is 0.407. The van der Waals surface area contributed by atoms with Gasteiger partial charge in [-0.05, 0) is 34.7 Å². The number of hydroxylamine groups is 1. The molecule has 0 bridgehead atoms. The number of hydrogen-bond donors (Lipinski definition) is 2. The molecule has 198 valence electrons. The topological polar surface area (TPSA) is 114 Å². The second kappa shape index (κ2) is 11.7. The van der Waals surface area contributed by atoms with Crippen molar-refractivity contribution in [2.24, 2.45) is 5.41 Å². The highest BCUT2D eigenvalue weighted by Gasteiger charge is 2.39. The van der Waals surface area contributed by atoms with Crippen LogP contribution in [0.2, 0.25) is 5.02 Å². The van der Waals surface area contributed by atoms with Gasteiger partial charge in [0.2, 0.25) is 5.91 Å². The van der Waals surface area contributed by atoms with Crippen LogP contribution in [0, 0.1) is 5.41 Å². The van der Waals surface area contributed by atoms with Crippen LogP contribution in [0.15, 0.2) is 42.5 Å². The van der Waals surface area contributed by atoms with E-state index in [1.165, 1.54) is 6.92 Å². The van der Waals surface area contributed by atoms with Crippen LogP contribution in [0.3, 0.4) is 0 Å². The average Bonchev–Trinajstić information content (AvgIpc) is 2.91. The monoisotopic (exact) mass is 529 g/mol. The number of hydrogen-bond acceptors (Lipinski definition) is 6. The Hall–Kier alpha value is -3.43. The van der Waals surface area contributed by atoms with Crippen molar-refractivity contribution in [1.82, 2.24) is 10.8 Å². The number of amides is 3. The van der Waals surface area contributed by atoms with Crippen LogP contribution in [0.25, 0.3) is 0 Å². The molecule has 0 saturated heterocycles. The van der Waals surface area contributed by atoms with Crippen molar-refractivity contribution in [3.63, 3.8) is 0 Å². The lowest BCUT2D eigenvalue weighted by Crippen LogP contribution is -2.45. The number of carbonyl (C=O) groups excluding carboxylic acids is 4. The Labute approximate surface area is 221 Å². The van der Waals surface area contributed by atoms with Gasteiger partial charge in [0.25, 0.3) is 11.8 Å². The summed E-state index contributed by atoms with van der Waals surface area (Å²) in [5.41, 5.74) is 4.65. The van der Waals surface area contributed by atoms with Gasteiger partial charge in [-0.15, -0.1) is 0 Å².